The van der Waals surface area contributed by atoms with E-state index in [-0.39, 0.29) is 32.2 Å². The predicted molar refractivity (Wildman–Crippen MR) is 180 cm³/mol. The van der Waals surface area contributed by atoms with Crippen LogP contribution in [0.1, 0.15) is 73.1 Å². The molecule has 2 bridgehead atoms. The Morgan fingerprint density at radius 2 is 1.69 bits per heavy atom. The van der Waals surface area contributed by atoms with Gasteiger partial charge in [0, 0.05) is 54.9 Å². The van der Waals surface area contributed by atoms with Crippen LogP contribution in [-0.4, -0.2) is 92.0 Å². The first-order valence-corrected chi connectivity index (χ1v) is 16.9. The first-order valence-electron chi connectivity index (χ1n) is 16.9. The van der Waals surface area contributed by atoms with Gasteiger partial charge in [-0.3, -0.25) is 29.1 Å². The van der Waals surface area contributed by atoms with E-state index in [4.69, 9.17) is 28.4 Å². The number of ether oxygens (including phenoxy) is 6. The van der Waals surface area contributed by atoms with E-state index in [2.05, 4.69) is 21.9 Å². The number of nitrogens with zero attached hydrogens (tertiary/aromatic N) is 4. The zero-order valence-electron chi connectivity index (χ0n) is 29.3. The fourth-order valence-corrected chi connectivity index (χ4v) is 9.10. The summed E-state index contributed by atoms with van der Waals surface area (Å²) in [6.45, 7) is 4.99. The van der Waals surface area contributed by atoms with Crippen molar-refractivity contribution in [2.24, 2.45) is 0 Å². The first-order chi connectivity index (χ1) is 24.6. The van der Waals surface area contributed by atoms with Crippen molar-refractivity contribution < 1.29 is 42.8 Å². The lowest BCUT2D eigenvalue weighted by atomic mass is 9.71. The van der Waals surface area contributed by atoms with Gasteiger partial charge in [-0.15, -0.1) is 0 Å². The summed E-state index contributed by atoms with van der Waals surface area (Å²) in [5.74, 6) is 1.05. The van der Waals surface area contributed by atoms with E-state index in [1.54, 1.807) is 38.5 Å². The van der Waals surface area contributed by atoms with Crippen LogP contribution in [0.25, 0.3) is 0 Å². The number of imide groups is 1. The van der Waals surface area contributed by atoms with Gasteiger partial charge in [-0.25, -0.2) is 0 Å². The number of carbonyl (C=O) groups is 3. The highest BCUT2D eigenvalue weighted by atomic mass is 16.7. The number of piperazine rings is 1. The van der Waals surface area contributed by atoms with Gasteiger partial charge in [0.25, 0.3) is 11.8 Å². The van der Waals surface area contributed by atoms with E-state index < -0.39 is 35.9 Å². The fourth-order valence-electron chi connectivity index (χ4n) is 9.10. The number of nitriles is 1. The summed E-state index contributed by atoms with van der Waals surface area (Å²) in [5, 5.41) is 11.0. The second-order valence-corrected chi connectivity index (χ2v) is 13.6. The molecule has 5 aliphatic heterocycles. The summed E-state index contributed by atoms with van der Waals surface area (Å²) >= 11 is 0. The molecule has 3 aromatic carbocycles. The van der Waals surface area contributed by atoms with Crippen molar-refractivity contribution in [1.82, 2.24) is 14.7 Å². The van der Waals surface area contributed by atoms with Gasteiger partial charge in [-0.1, -0.05) is 18.2 Å². The molecule has 0 radical (unpaired) electrons. The maximum Gasteiger partial charge on any atom is 0.308 e. The van der Waals surface area contributed by atoms with Crippen LogP contribution < -0.4 is 23.7 Å². The molecule has 2 amide bonds. The number of amides is 2. The van der Waals surface area contributed by atoms with Gasteiger partial charge in [-0.05, 0) is 57.0 Å². The smallest absolute Gasteiger partial charge is 0.308 e. The summed E-state index contributed by atoms with van der Waals surface area (Å²) in [6.07, 6.45) is 0.877. The van der Waals surface area contributed by atoms with Gasteiger partial charge in [0.05, 0.1) is 36.4 Å². The van der Waals surface area contributed by atoms with Crippen molar-refractivity contribution in [2.45, 2.75) is 63.8 Å². The number of rotatable bonds is 7. The first kappa shape index (κ1) is 33.0. The third kappa shape index (κ3) is 4.73. The number of benzene rings is 3. The van der Waals surface area contributed by atoms with E-state index in [1.165, 1.54) is 11.8 Å². The molecular formula is C38H38N4O9. The van der Waals surface area contributed by atoms with E-state index in [1.807, 2.05) is 20.9 Å². The largest absolute Gasteiger partial charge is 0.493 e. The Labute approximate surface area is 295 Å². The van der Waals surface area contributed by atoms with Crippen LogP contribution in [0.15, 0.2) is 30.3 Å². The van der Waals surface area contributed by atoms with Crippen molar-refractivity contribution in [1.29, 1.82) is 5.26 Å². The van der Waals surface area contributed by atoms with Crippen LogP contribution in [0.3, 0.4) is 0 Å². The van der Waals surface area contributed by atoms with Gasteiger partial charge in [-0.2, -0.15) is 5.26 Å². The maximum absolute atomic E-state index is 13.9. The van der Waals surface area contributed by atoms with Crippen LogP contribution in [0.2, 0.25) is 0 Å². The summed E-state index contributed by atoms with van der Waals surface area (Å²) in [4.78, 5) is 46.1. The van der Waals surface area contributed by atoms with Crippen LogP contribution in [0, 0.1) is 25.2 Å². The third-order valence-electron chi connectivity index (χ3n) is 11.0. The molecular weight excluding hydrogens is 656 g/mol. The van der Waals surface area contributed by atoms with E-state index in [0.717, 1.165) is 16.7 Å². The lowest BCUT2D eigenvalue weighted by Crippen LogP contribution is -2.69. The van der Waals surface area contributed by atoms with Crippen molar-refractivity contribution >= 4 is 17.8 Å². The Hall–Kier alpha value is -5.16. The van der Waals surface area contributed by atoms with E-state index >= 15 is 0 Å². The Bertz CT molecular complexity index is 2020. The quantitative estimate of drug-likeness (QED) is 0.153. The molecule has 0 N–H and O–H groups in total. The SMILES string of the molecule is COCOc1c(OC)c(C)cc2c1[C@@H]1[C@@H]3Cc4c(OC(C)=O)c(C)c5c(c4[C@H](CN4C(=O)c6ccccc6C4=O)N3[C@@H](C#N)[C@H](C2)N1C)OCO5. The lowest BCUT2D eigenvalue weighted by molar-refractivity contribution is -0.132. The Kier molecular flexibility index (Phi) is 7.94. The minimum absolute atomic E-state index is 0.00815. The minimum Gasteiger partial charge on any atom is -0.493 e. The molecule has 0 aromatic heterocycles. The lowest BCUT2D eigenvalue weighted by Gasteiger charge is -2.60. The number of hydrogen-bond acceptors (Lipinski definition) is 12. The molecule has 0 unspecified atom stereocenters. The van der Waals surface area contributed by atoms with Crippen molar-refractivity contribution in [3.8, 4) is 34.8 Å². The molecule has 1 fully saturated rings. The molecule has 13 heteroatoms. The number of methoxy groups -OCH3 is 2. The Morgan fingerprint density at radius 1 is 0.980 bits per heavy atom. The number of fused-ring (bicyclic) bond motifs is 10. The summed E-state index contributed by atoms with van der Waals surface area (Å²) in [5.41, 5.74) is 5.44. The topological polar surface area (TPSA) is 140 Å². The third-order valence-corrected chi connectivity index (χ3v) is 11.0. The minimum atomic E-state index is -0.730. The molecule has 1 saturated heterocycles. The number of aryl methyl sites for hydroxylation is 1. The molecule has 8 rings (SSSR count). The predicted octanol–water partition coefficient (Wildman–Crippen LogP) is 4.02. The molecule has 51 heavy (non-hydrogen) atoms. The molecule has 5 aliphatic rings. The monoisotopic (exact) mass is 694 g/mol. The van der Waals surface area contributed by atoms with E-state index in [9.17, 15) is 19.6 Å². The van der Waals surface area contributed by atoms with Gasteiger partial charge in [0.2, 0.25) is 6.79 Å². The second kappa shape index (κ2) is 12.3. The van der Waals surface area contributed by atoms with Crippen LogP contribution in [0.4, 0.5) is 0 Å². The molecule has 3 aromatic rings. The number of hydrogen-bond donors (Lipinski definition) is 0. The molecule has 0 aliphatic carbocycles. The van der Waals surface area contributed by atoms with Crippen molar-refractivity contribution in [3.63, 3.8) is 0 Å². The normalized spacial score (nSPS) is 24.3. The molecule has 0 saturated carbocycles. The van der Waals surface area contributed by atoms with Gasteiger partial charge in [0.15, 0.2) is 29.8 Å². The Morgan fingerprint density at radius 3 is 2.33 bits per heavy atom. The van der Waals surface area contributed by atoms with Crippen LogP contribution in [0.5, 0.6) is 28.7 Å². The standard InChI is InChI=1S/C38H38N4O9/c1-18-11-21-12-25-27(14-39)42-26(31(40(25)4)29(21)35(32(18)47-6)48-16-46-5)13-24-30(36-34(49-17-50-36)19(2)33(24)51-20(3)43)28(42)15-41-37(44)22-9-7-8-10-23(22)38(41)45/h7-11,25-28,31H,12-13,15-17H2,1-6H3/t25-,26-,27-,28-,31-/m0/s1. The van der Waals surface area contributed by atoms with Gasteiger partial charge >= 0.3 is 5.97 Å². The number of likely N-dealkylation sites (N-methyl/N-ethyl adjacent to an activating group) is 1. The highest BCUT2D eigenvalue weighted by Crippen LogP contribution is 2.59. The van der Waals surface area contributed by atoms with Gasteiger partial charge in [0.1, 0.15) is 11.8 Å². The summed E-state index contributed by atoms with van der Waals surface area (Å²) in [6, 6.07) is 9.05. The van der Waals surface area contributed by atoms with Crippen molar-refractivity contribution in [3.05, 3.63) is 74.8 Å². The zero-order valence-corrected chi connectivity index (χ0v) is 29.3. The highest BCUT2D eigenvalue weighted by Gasteiger charge is 2.58. The maximum atomic E-state index is 13.9. The molecule has 13 nitrogen and oxygen atoms in total. The Balaban J connectivity index is 1.38. The molecule has 0 spiro atoms. The second-order valence-electron chi connectivity index (χ2n) is 13.6. The zero-order chi connectivity index (χ0) is 35.9. The number of esters is 1. The molecule has 264 valence electrons. The van der Waals surface area contributed by atoms with Crippen LogP contribution >= 0.6 is 0 Å². The highest BCUT2D eigenvalue weighted by molar-refractivity contribution is 6.21. The number of carbonyl (C=O) groups excluding carboxylic acids is 3. The van der Waals surface area contributed by atoms with Crippen molar-refractivity contribution in [2.75, 3.05) is 41.4 Å². The average Bonchev–Trinajstić information content (AvgIpc) is 3.69. The fraction of sp³-hybridized carbons (Fsp3) is 0.421. The van der Waals surface area contributed by atoms with E-state index in [0.29, 0.717) is 69.4 Å². The molecule has 5 atom stereocenters. The van der Waals surface area contributed by atoms with Crippen LogP contribution in [-0.2, 0) is 22.4 Å². The average molecular weight is 695 g/mol. The summed E-state index contributed by atoms with van der Waals surface area (Å²) < 4.78 is 35.6. The molecule has 5 heterocycles. The van der Waals surface area contributed by atoms with Gasteiger partial charge < -0.3 is 28.4 Å². The summed E-state index contributed by atoms with van der Waals surface area (Å²) in [7, 11) is 5.18.